The first-order valence-corrected chi connectivity index (χ1v) is 9.45. The predicted octanol–water partition coefficient (Wildman–Crippen LogP) is 3.70. The van der Waals surface area contributed by atoms with Crippen LogP contribution in [-0.2, 0) is 27.1 Å². The van der Waals surface area contributed by atoms with Gasteiger partial charge in [-0.05, 0) is 43.2 Å². The molecule has 3 rings (SSSR count). The highest BCUT2D eigenvalue weighted by atomic mass is 19.4. The Labute approximate surface area is 161 Å². The maximum atomic E-state index is 13.2. The molecule has 0 aliphatic heterocycles. The largest absolute Gasteiger partial charge is 0.433 e. The lowest BCUT2D eigenvalue weighted by Gasteiger charge is -2.32. The molecule has 1 aromatic heterocycles. The van der Waals surface area contributed by atoms with Gasteiger partial charge in [-0.2, -0.15) is 13.2 Å². The first-order chi connectivity index (χ1) is 13.2. The second-order valence-corrected chi connectivity index (χ2v) is 7.61. The van der Waals surface area contributed by atoms with Crippen LogP contribution in [0.2, 0.25) is 0 Å². The van der Waals surface area contributed by atoms with Gasteiger partial charge in [-0.15, -0.1) is 0 Å². The van der Waals surface area contributed by atoms with Crippen molar-refractivity contribution in [2.75, 3.05) is 20.3 Å². The van der Waals surface area contributed by atoms with Crippen molar-refractivity contribution in [1.82, 2.24) is 4.98 Å². The zero-order chi connectivity index (χ0) is 20.5. The van der Waals surface area contributed by atoms with Crippen molar-refractivity contribution in [2.24, 2.45) is 23.7 Å². The van der Waals surface area contributed by atoms with E-state index in [1.165, 1.54) is 7.11 Å². The molecule has 28 heavy (non-hydrogen) atoms. The van der Waals surface area contributed by atoms with Crippen LogP contribution in [0.25, 0.3) is 0 Å². The number of fused-ring (bicyclic) bond motifs is 2. The topological polar surface area (TPSA) is 65.5 Å². The molecule has 0 saturated heterocycles. The number of halogens is 3. The van der Waals surface area contributed by atoms with Crippen LogP contribution in [0.3, 0.4) is 0 Å². The lowest BCUT2D eigenvalue weighted by molar-refractivity contribution is -0.141. The van der Waals surface area contributed by atoms with Crippen LogP contribution in [-0.4, -0.2) is 36.9 Å². The lowest BCUT2D eigenvalue weighted by atomic mass is 9.69. The summed E-state index contributed by atoms with van der Waals surface area (Å²) >= 11 is 0. The van der Waals surface area contributed by atoms with Gasteiger partial charge in [0.25, 0.3) is 0 Å². The molecule has 5 nitrogen and oxygen atoms in total. The third-order valence-corrected chi connectivity index (χ3v) is 5.93. The Morgan fingerprint density at radius 1 is 1.25 bits per heavy atom. The summed E-state index contributed by atoms with van der Waals surface area (Å²) in [5.41, 5.74) is -1.14. The SMILES string of the molecule is COCCOCc1nc(C(F)(F)F)ccc1C(=O)C1C(=O)C2CCC(C2)C1C. The number of hydrogen-bond donors (Lipinski definition) is 0. The Bertz CT molecular complexity index is 749. The minimum Gasteiger partial charge on any atom is -0.382 e. The van der Waals surface area contributed by atoms with Gasteiger partial charge in [-0.3, -0.25) is 9.59 Å². The number of pyridine rings is 1. The second-order valence-electron chi connectivity index (χ2n) is 7.61. The van der Waals surface area contributed by atoms with E-state index in [-0.39, 0.29) is 48.7 Å². The molecule has 154 valence electrons. The van der Waals surface area contributed by atoms with E-state index in [9.17, 15) is 22.8 Å². The van der Waals surface area contributed by atoms with Crippen LogP contribution in [0, 0.1) is 23.7 Å². The first kappa shape index (κ1) is 20.9. The van der Waals surface area contributed by atoms with Crippen LogP contribution in [0.1, 0.15) is 47.9 Å². The van der Waals surface area contributed by atoms with Gasteiger partial charge in [0.1, 0.15) is 11.5 Å². The van der Waals surface area contributed by atoms with Crippen molar-refractivity contribution in [3.8, 4) is 0 Å². The predicted molar refractivity (Wildman–Crippen MR) is 93.6 cm³/mol. The third-order valence-electron chi connectivity index (χ3n) is 5.93. The molecule has 1 aromatic rings. The molecule has 4 unspecified atom stereocenters. The van der Waals surface area contributed by atoms with Gasteiger partial charge in [-0.25, -0.2) is 4.98 Å². The molecule has 4 atom stereocenters. The van der Waals surface area contributed by atoms with E-state index in [0.29, 0.717) is 5.92 Å². The summed E-state index contributed by atoms with van der Waals surface area (Å²) in [4.78, 5) is 29.6. The van der Waals surface area contributed by atoms with Crippen molar-refractivity contribution in [2.45, 2.75) is 39.0 Å². The standard InChI is InChI=1S/C20H24F3NO4/c1-11-12-3-4-13(9-12)18(25)17(11)19(26)14-5-6-16(20(21,22)23)24-15(14)10-28-8-7-27-2/h5-6,11-13,17H,3-4,7-10H2,1-2H3. The maximum absolute atomic E-state index is 13.2. The Hall–Kier alpha value is -1.80. The number of Topliss-reactive ketones (excluding diaryl/α,β-unsaturated/α-hetero) is 2. The van der Waals surface area contributed by atoms with Crippen molar-refractivity contribution >= 4 is 11.6 Å². The Morgan fingerprint density at radius 2 is 2.00 bits per heavy atom. The summed E-state index contributed by atoms with van der Waals surface area (Å²) < 4.78 is 49.4. The lowest BCUT2D eigenvalue weighted by Crippen LogP contribution is -2.40. The van der Waals surface area contributed by atoms with Crippen LogP contribution < -0.4 is 0 Å². The van der Waals surface area contributed by atoms with Gasteiger partial charge in [0.05, 0.1) is 31.4 Å². The number of methoxy groups -OCH3 is 1. The highest BCUT2D eigenvalue weighted by Crippen LogP contribution is 2.47. The summed E-state index contributed by atoms with van der Waals surface area (Å²) in [5, 5.41) is 0. The Balaban J connectivity index is 1.90. The fraction of sp³-hybridized carbons (Fsp3) is 0.650. The zero-order valence-electron chi connectivity index (χ0n) is 15.9. The summed E-state index contributed by atoms with van der Waals surface area (Å²) in [5.74, 6) is -1.27. The van der Waals surface area contributed by atoms with E-state index in [2.05, 4.69) is 4.98 Å². The molecule has 0 radical (unpaired) electrons. The molecule has 0 spiro atoms. The fourth-order valence-electron chi connectivity index (χ4n) is 4.38. The number of aromatic nitrogens is 1. The van der Waals surface area contributed by atoms with E-state index in [0.717, 1.165) is 31.4 Å². The molecule has 2 bridgehead atoms. The smallest absolute Gasteiger partial charge is 0.382 e. The first-order valence-electron chi connectivity index (χ1n) is 9.45. The van der Waals surface area contributed by atoms with Crippen molar-refractivity contribution in [3.63, 3.8) is 0 Å². The minimum atomic E-state index is -4.63. The van der Waals surface area contributed by atoms with E-state index in [1.54, 1.807) is 0 Å². The molecule has 8 heteroatoms. The number of carbonyl (C=O) groups is 2. The average molecular weight is 399 g/mol. The van der Waals surface area contributed by atoms with Crippen LogP contribution in [0.15, 0.2) is 12.1 Å². The van der Waals surface area contributed by atoms with E-state index < -0.39 is 23.6 Å². The van der Waals surface area contributed by atoms with Crippen molar-refractivity contribution in [1.29, 1.82) is 0 Å². The number of ether oxygens (including phenoxy) is 2. The molecule has 1 heterocycles. The van der Waals surface area contributed by atoms with E-state index in [1.807, 2.05) is 6.92 Å². The number of alkyl halides is 3. The van der Waals surface area contributed by atoms with Crippen LogP contribution >= 0.6 is 0 Å². The fourth-order valence-corrected chi connectivity index (χ4v) is 4.38. The summed E-state index contributed by atoms with van der Waals surface area (Å²) in [6, 6.07) is 1.92. The number of rotatable bonds is 7. The molecule has 2 saturated carbocycles. The van der Waals surface area contributed by atoms with Gasteiger partial charge in [0.15, 0.2) is 5.78 Å². The van der Waals surface area contributed by atoms with Crippen LogP contribution in [0.5, 0.6) is 0 Å². The van der Waals surface area contributed by atoms with Gasteiger partial charge < -0.3 is 9.47 Å². The summed E-state index contributed by atoms with van der Waals surface area (Å²) in [7, 11) is 1.48. The van der Waals surface area contributed by atoms with Gasteiger partial charge in [-0.1, -0.05) is 6.92 Å². The number of ketones is 2. The normalized spacial score (nSPS) is 27.2. The van der Waals surface area contributed by atoms with Gasteiger partial charge in [0.2, 0.25) is 0 Å². The number of nitrogens with zero attached hydrogens (tertiary/aromatic N) is 1. The Morgan fingerprint density at radius 3 is 2.68 bits per heavy atom. The zero-order valence-corrected chi connectivity index (χ0v) is 15.9. The van der Waals surface area contributed by atoms with E-state index >= 15 is 0 Å². The number of carbonyl (C=O) groups excluding carboxylic acids is 2. The summed E-state index contributed by atoms with van der Waals surface area (Å²) in [6.45, 7) is 2.06. The molecule has 2 fully saturated rings. The molecule has 0 amide bonds. The molecule has 0 N–H and O–H groups in total. The molecular formula is C20H24F3NO4. The molecule has 0 aromatic carbocycles. The van der Waals surface area contributed by atoms with Gasteiger partial charge >= 0.3 is 6.18 Å². The molecule has 2 aliphatic carbocycles. The van der Waals surface area contributed by atoms with Crippen LogP contribution in [0.4, 0.5) is 13.2 Å². The highest BCUT2D eigenvalue weighted by molar-refractivity contribution is 6.12. The quantitative estimate of drug-likeness (QED) is 0.397. The third kappa shape index (κ3) is 4.12. The summed E-state index contributed by atoms with van der Waals surface area (Å²) in [6.07, 6.45) is -2.12. The second kappa shape index (κ2) is 8.29. The van der Waals surface area contributed by atoms with Gasteiger partial charge in [0, 0.05) is 18.6 Å². The van der Waals surface area contributed by atoms with Crippen molar-refractivity contribution in [3.05, 3.63) is 29.1 Å². The minimum absolute atomic E-state index is 0.0388. The average Bonchev–Trinajstić information content (AvgIpc) is 3.10. The number of hydrogen-bond acceptors (Lipinski definition) is 5. The highest BCUT2D eigenvalue weighted by Gasteiger charge is 2.49. The van der Waals surface area contributed by atoms with Crippen molar-refractivity contribution < 1.29 is 32.2 Å². The van der Waals surface area contributed by atoms with E-state index in [4.69, 9.17) is 9.47 Å². The molecular weight excluding hydrogens is 375 g/mol. The monoisotopic (exact) mass is 399 g/mol. The maximum Gasteiger partial charge on any atom is 0.433 e. The Kier molecular flexibility index (Phi) is 6.19. The molecule has 2 aliphatic rings.